The third-order valence-electron chi connectivity index (χ3n) is 16.7. The van der Waals surface area contributed by atoms with Gasteiger partial charge in [-0.2, -0.15) is 0 Å². The maximum absolute atomic E-state index is 15.5. The summed E-state index contributed by atoms with van der Waals surface area (Å²) in [5.74, 6) is -1.03. The number of para-hydroxylation sites is 1. The van der Waals surface area contributed by atoms with E-state index in [1.165, 1.54) is 46.8 Å². The summed E-state index contributed by atoms with van der Waals surface area (Å²) in [5, 5.41) is 14.5. The lowest BCUT2D eigenvalue weighted by Crippen LogP contribution is -2.81. The fourth-order valence-corrected chi connectivity index (χ4v) is 14.9. The minimum atomic E-state index is -2.27. The van der Waals surface area contributed by atoms with Gasteiger partial charge in [-0.1, -0.05) is 50.1 Å². The highest BCUT2D eigenvalue weighted by atomic mass is 16.6. The van der Waals surface area contributed by atoms with Crippen molar-refractivity contribution < 1.29 is 38.4 Å². The fourth-order valence-electron chi connectivity index (χ4n) is 14.9. The zero-order valence-corrected chi connectivity index (χ0v) is 36.0. The smallest absolute Gasteiger partial charge is 0.344 e. The highest BCUT2D eigenvalue weighted by Crippen LogP contribution is 2.68. The van der Waals surface area contributed by atoms with Crippen LogP contribution in [0, 0.1) is 16.7 Å². The van der Waals surface area contributed by atoms with E-state index in [0.717, 1.165) is 71.5 Å². The molecule has 2 saturated heterocycles. The lowest BCUT2D eigenvalue weighted by atomic mass is 9.47. The maximum atomic E-state index is 15.5. The molecule has 1 unspecified atom stereocenters. The van der Waals surface area contributed by atoms with Crippen molar-refractivity contribution >= 4 is 34.5 Å². The molecule has 2 saturated carbocycles. The second-order valence-corrected chi connectivity index (χ2v) is 19.3. The van der Waals surface area contributed by atoms with Crippen LogP contribution in [0.15, 0.2) is 48.6 Å². The van der Waals surface area contributed by atoms with Crippen molar-refractivity contribution in [3.8, 4) is 5.75 Å². The number of nitrogens with one attached hydrogen (secondary N) is 1. The third-order valence-corrected chi connectivity index (χ3v) is 16.7. The third kappa shape index (κ3) is 5.04. The monoisotopic (exact) mass is 820 g/mol. The quantitative estimate of drug-likeness (QED) is 0.188. The molecule has 1 aromatic heterocycles. The number of H-pyrrole nitrogens is 1. The van der Waals surface area contributed by atoms with Gasteiger partial charge in [-0.15, -0.1) is 0 Å². The summed E-state index contributed by atoms with van der Waals surface area (Å²) in [7, 11) is 6.33. The first-order chi connectivity index (χ1) is 28.9. The molecule has 10 rings (SSSR count). The largest absolute Gasteiger partial charge is 0.496 e. The molecule has 2 N–H and O–H groups in total. The summed E-state index contributed by atoms with van der Waals surface area (Å²) in [6.45, 7) is 7.63. The van der Waals surface area contributed by atoms with Crippen LogP contribution in [0.5, 0.6) is 5.75 Å². The molecule has 12 heteroatoms. The van der Waals surface area contributed by atoms with E-state index in [2.05, 4.69) is 51.2 Å². The minimum Gasteiger partial charge on any atom is -0.496 e. The number of methoxy groups -OCH3 is 3. The Morgan fingerprint density at radius 3 is 2.43 bits per heavy atom. The number of aromatic amines is 1. The Labute approximate surface area is 352 Å². The molecule has 2 aliphatic carbocycles. The van der Waals surface area contributed by atoms with Crippen molar-refractivity contribution in [2.24, 2.45) is 16.7 Å². The second-order valence-electron chi connectivity index (χ2n) is 19.3. The number of carbonyl (C=O) groups excluding carboxylic acids is 3. The van der Waals surface area contributed by atoms with E-state index in [1.807, 2.05) is 31.0 Å². The molecular weight excluding hydrogens is 761 g/mol. The summed E-state index contributed by atoms with van der Waals surface area (Å²) < 4.78 is 24.2. The predicted molar refractivity (Wildman–Crippen MR) is 226 cm³/mol. The maximum Gasteiger partial charge on any atom is 0.344 e. The van der Waals surface area contributed by atoms with Crippen LogP contribution in [0.25, 0.3) is 10.9 Å². The number of likely N-dealkylation sites (N-methyl/N-ethyl adjacent to an activating group) is 1. The molecule has 4 fully saturated rings. The molecule has 60 heavy (non-hydrogen) atoms. The van der Waals surface area contributed by atoms with Crippen molar-refractivity contribution in [3.05, 3.63) is 70.9 Å². The Bertz CT molecular complexity index is 2300. The van der Waals surface area contributed by atoms with Crippen LogP contribution < -0.4 is 9.64 Å². The Balaban J connectivity index is 1.27. The van der Waals surface area contributed by atoms with Gasteiger partial charge in [0.25, 0.3) is 0 Å². The van der Waals surface area contributed by atoms with Gasteiger partial charge in [-0.25, -0.2) is 4.79 Å². The van der Waals surface area contributed by atoms with E-state index >= 15 is 4.79 Å². The molecule has 320 valence electrons. The lowest BCUT2D eigenvalue weighted by molar-refractivity contribution is -0.228. The average Bonchev–Trinajstić information content (AvgIpc) is 4.03. The number of piperidine rings is 1. The number of nitrogens with zero attached hydrogens (tertiary/aromatic N) is 3. The van der Waals surface area contributed by atoms with E-state index in [0.29, 0.717) is 38.1 Å². The van der Waals surface area contributed by atoms with Gasteiger partial charge >= 0.3 is 17.9 Å². The molecule has 9 atom stereocenters. The first-order valence-electron chi connectivity index (χ1n) is 22.1. The van der Waals surface area contributed by atoms with E-state index < -0.39 is 45.9 Å². The van der Waals surface area contributed by atoms with Gasteiger partial charge in [-0.3, -0.25) is 14.5 Å². The number of rotatable bonds is 6. The number of aromatic nitrogens is 1. The number of ether oxygens (including phenoxy) is 4. The van der Waals surface area contributed by atoms with Gasteiger partial charge in [0, 0.05) is 90.9 Å². The first-order valence-corrected chi connectivity index (χ1v) is 22.1. The minimum absolute atomic E-state index is 0.196. The predicted octanol–water partition coefficient (Wildman–Crippen LogP) is 5.41. The molecule has 0 radical (unpaired) electrons. The highest BCUT2D eigenvalue weighted by molar-refractivity contribution is 5.95. The molecule has 0 amide bonds. The summed E-state index contributed by atoms with van der Waals surface area (Å²) in [5.41, 5.74) is 0.252. The number of hydrogen-bond donors (Lipinski definition) is 2. The number of aliphatic hydroxyl groups is 1. The van der Waals surface area contributed by atoms with E-state index in [9.17, 15) is 14.7 Å². The van der Waals surface area contributed by atoms with Crippen LogP contribution in [0.2, 0.25) is 0 Å². The lowest BCUT2D eigenvalue weighted by Gasteiger charge is -2.63. The molecule has 2 spiro atoms. The molecular formula is C48H60N4O8. The fraction of sp³-hybridized carbons (Fsp3) is 0.604. The number of fused-ring (bicyclic) bond motifs is 6. The van der Waals surface area contributed by atoms with E-state index in [4.69, 9.17) is 18.9 Å². The van der Waals surface area contributed by atoms with Crippen LogP contribution in [-0.4, -0.2) is 123 Å². The van der Waals surface area contributed by atoms with Crippen LogP contribution in [0.1, 0.15) is 87.6 Å². The summed E-state index contributed by atoms with van der Waals surface area (Å²) in [6.07, 6.45) is 11.3. The van der Waals surface area contributed by atoms with Gasteiger partial charge in [0.15, 0.2) is 6.10 Å². The number of anilines is 1. The van der Waals surface area contributed by atoms with Gasteiger partial charge in [0.05, 0.1) is 27.4 Å². The van der Waals surface area contributed by atoms with Crippen LogP contribution >= 0.6 is 0 Å². The standard InChI is InChI=1S/C48H60N4O8/c1-7-45-18-12-20-52-22-19-46(39(45)52)33-23-34(37(57-4)24-36(33)50(3)40(46)48(56,43(55)59-6)41(45)60-29(2)53)47(42(54)58-5)26-30-25-44(16-10-11-17-44)28-51(27-30)21-15-32-31-13-8-9-14-35(31)49-38(32)47/h8-9,12-14,18,23-24,30,39-41,49,56H,7,10-11,15-17,19-22,25-28H2,1-6H3/t30-,39-,40+,41+,45+,46+,47-,48-/m0/s1. The molecule has 2 aromatic carbocycles. The number of benzene rings is 2. The highest BCUT2D eigenvalue weighted by Gasteiger charge is 2.80. The van der Waals surface area contributed by atoms with Crippen molar-refractivity contribution in [1.82, 2.24) is 14.8 Å². The molecule has 7 aliphatic rings. The van der Waals surface area contributed by atoms with E-state index in [1.54, 1.807) is 7.11 Å². The average molecular weight is 821 g/mol. The van der Waals surface area contributed by atoms with Crippen molar-refractivity contribution in [2.75, 3.05) is 66.0 Å². The Morgan fingerprint density at radius 2 is 1.72 bits per heavy atom. The first kappa shape index (κ1) is 39.7. The molecule has 3 aromatic rings. The number of esters is 3. The zero-order valence-electron chi connectivity index (χ0n) is 36.0. The zero-order chi connectivity index (χ0) is 42.0. The Hall–Kier alpha value is -4.39. The normalized spacial score (nSPS) is 36.0. The summed E-state index contributed by atoms with van der Waals surface area (Å²) >= 11 is 0. The summed E-state index contributed by atoms with van der Waals surface area (Å²) in [6, 6.07) is 11.4. The van der Waals surface area contributed by atoms with Gasteiger partial charge < -0.3 is 38.8 Å². The number of hydrogen-bond acceptors (Lipinski definition) is 11. The van der Waals surface area contributed by atoms with Crippen molar-refractivity contribution in [1.29, 1.82) is 0 Å². The van der Waals surface area contributed by atoms with Crippen LogP contribution in [0.4, 0.5) is 5.69 Å². The van der Waals surface area contributed by atoms with Gasteiger partial charge in [-0.05, 0) is 86.1 Å². The SMILES string of the molecule is CC[C@]12C=CCN3CC[C@@]4(c5cc([C@@]6(C(=O)OC)C[C@H]7CN(CCc8c6[nH]c6ccccc86)CC6(CCCC6)C7)c(OC)cc5N(C)[C@H]4[C@@](O)(C(=O)OC)[C@@H]1OC(C)=O)[C@@H]32. The van der Waals surface area contributed by atoms with Crippen molar-refractivity contribution in [3.63, 3.8) is 0 Å². The van der Waals surface area contributed by atoms with Crippen LogP contribution in [-0.2, 0) is 45.8 Å². The van der Waals surface area contributed by atoms with Gasteiger partial charge in [0.1, 0.15) is 11.2 Å². The van der Waals surface area contributed by atoms with Gasteiger partial charge in [0.2, 0.25) is 5.60 Å². The molecule has 6 heterocycles. The Kier molecular flexibility index (Phi) is 9.14. The van der Waals surface area contributed by atoms with Crippen molar-refractivity contribution in [2.45, 2.75) is 106 Å². The molecule has 12 nitrogen and oxygen atoms in total. The van der Waals surface area contributed by atoms with E-state index in [-0.39, 0.29) is 23.3 Å². The summed E-state index contributed by atoms with van der Waals surface area (Å²) in [4.78, 5) is 53.9. The Morgan fingerprint density at radius 1 is 0.950 bits per heavy atom. The topological polar surface area (TPSA) is 134 Å². The number of carbonyl (C=O) groups is 3. The second kappa shape index (κ2) is 13.8. The van der Waals surface area contributed by atoms with Crippen LogP contribution in [0.3, 0.4) is 0 Å². The molecule has 5 aliphatic heterocycles. The molecule has 2 bridgehead atoms.